The molecule has 0 aromatic carbocycles. The quantitative estimate of drug-likeness (QED) is 0.410. The number of carbonyl (C=O) groups is 1. The van der Waals surface area contributed by atoms with Gasteiger partial charge in [-0.25, -0.2) is 0 Å². The van der Waals surface area contributed by atoms with E-state index >= 15 is 0 Å². The first-order chi connectivity index (χ1) is 4.31. The number of hydrogen-bond donors (Lipinski definition) is 1. The summed E-state index contributed by atoms with van der Waals surface area (Å²) in [5.74, 6) is -0.143. The smallest absolute Gasteiger partial charge is 0.291 e. The molecule has 0 unspecified atom stereocenters. The molecule has 0 rings (SSSR count). The second-order valence-corrected chi connectivity index (χ2v) is 2.17. The van der Waals surface area contributed by atoms with E-state index in [1.807, 2.05) is 0 Å². The Morgan fingerprint density at radius 3 is 2.67 bits per heavy atom. The minimum atomic E-state index is -0.143. The molecule has 3 nitrogen and oxygen atoms in total. The summed E-state index contributed by atoms with van der Waals surface area (Å²) in [6.45, 7) is 0.161. The zero-order valence-electron chi connectivity index (χ0n) is 5.59. The van der Waals surface area contributed by atoms with Crippen LogP contribution in [0, 0.1) is 0 Å². The molecule has 0 amide bonds. The molecular weight excluding hydrogens is 136 g/mol. The van der Waals surface area contributed by atoms with E-state index in [4.69, 9.17) is 5.11 Å². The number of hydrogen-bond acceptors (Lipinski definition) is 3. The lowest BCUT2D eigenvalue weighted by atomic mass is 10.2. The fourth-order valence-corrected chi connectivity index (χ4v) is 0.687. The highest BCUT2D eigenvalue weighted by molar-refractivity contribution is 6.05. The van der Waals surface area contributed by atoms with E-state index < -0.39 is 0 Å². The van der Waals surface area contributed by atoms with Crippen LogP contribution >= 0.6 is 0 Å². The lowest BCUT2D eigenvalue weighted by molar-refractivity contribution is -0.134. The Labute approximate surface area is 57.6 Å². The molecule has 0 bridgehead atoms. The van der Waals surface area contributed by atoms with Gasteiger partial charge < -0.3 is 9.53 Å². The van der Waals surface area contributed by atoms with Crippen molar-refractivity contribution in [2.75, 3.05) is 6.61 Å². The molecule has 0 heterocycles. The summed E-state index contributed by atoms with van der Waals surface area (Å²) in [7, 11) is 0.479. The summed E-state index contributed by atoms with van der Waals surface area (Å²) >= 11 is 0. The maximum atomic E-state index is 10.4. The lowest BCUT2D eigenvalue weighted by Crippen LogP contribution is -2.00. The van der Waals surface area contributed by atoms with E-state index in [9.17, 15) is 4.79 Å². The first-order valence-electron chi connectivity index (χ1n) is 2.99. The monoisotopic (exact) mass is 148 g/mol. The van der Waals surface area contributed by atoms with Crippen molar-refractivity contribution >= 4 is 16.5 Å². The second kappa shape index (κ2) is 5.78. The highest BCUT2D eigenvalue weighted by Crippen LogP contribution is 1.94. The molecule has 0 aromatic heterocycles. The molecule has 0 saturated heterocycles. The highest BCUT2D eigenvalue weighted by Gasteiger charge is 1.96. The summed E-state index contributed by atoms with van der Waals surface area (Å²) in [5, 5.41) is 8.31. The van der Waals surface area contributed by atoms with Gasteiger partial charge in [0.05, 0.1) is 0 Å². The normalized spacial score (nSPS) is 9.44. The van der Waals surface area contributed by atoms with E-state index in [1.165, 1.54) is 0 Å². The Morgan fingerprint density at radius 2 is 2.22 bits per heavy atom. The third-order valence-electron chi connectivity index (χ3n) is 1.02. The van der Waals surface area contributed by atoms with Crippen molar-refractivity contribution in [3.8, 4) is 0 Å². The number of aliphatic hydroxyl groups excluding tert-OH is 1. The Morgan fingerprint density at radius 1 is 1.56 bits per heavy atom. The van der Waals surface area contributed by atoms with E-state index in [0.717, 1.165) is 6.42 Å². The molecule has 0 fully saturated rings. The van der Waals surface area contributed by atoms with Gasteiger partial charge >= 0.3 is 0 Å². The van der Waals surface area contributed by atoms with Gasteiger partial charge in [0.2, 0.25) is 10.5 Å². The van der Waals surface area contributed by atoms with Crippen LogP contribution in [0.15, 0.2) is 0 Å². The molecule has 0 aliphatic heterocycles. The van der Waals surface area contributed by atoms with Crippen molar-refractivity contribution in [2.24, 2.45) is 0 Å². The molecule has 0 spiro atoms. The number of carbonyl (C=O) groups excluding carboxylic acids is 1. The number of rotatable bonds is 4. The van der Waals surface area contributed by atoms with Crippen molar-refractivity contribution in [1.82, 2.24) is 0 Å². The Kier molecular flexibility index (Phi) is 5.55. The van der Waals surface area contributed by atoms with Crippen LogP contribution in [0.5, 0.6) is 0 Å². The van der Waals surface area contributed by atoms with Crippen LogP contribution < -0.4 is 0 Å². The van der Waals surface area contributed by atoms with Gasteiger partial charge in [-0.05, 0) is 12.8 Å². The van der Waals surface area contributed by atoms with Gasteiger partial charge in [-0.2, -0.15) is 0 Å². The standard InChI is InChI=1S/C5H12O3Si/c6-4-2-1-3-5(7)8-9/h6H,1-4H2,9H3. The third kappa shape index (κ3) is 5.52. The molecule has 0 saturated carbocycles. The Balaban J connectivity index is 2.97. The summed E-state index contributed by atoms with van der Waals surface area (Å²) < 4.78 is 4.52. The van der Waals surface area contributed by atoms with Crippen LogP contribution in [0.25, 0.3) is 0 Å². The van der Waals surface area contributed by atoms with E-state index in [1.54, 1.807) is 0 Å². The van der Waals surface area contributed by atoms with Crippen LogP contribution in [-0.4, -0.2) is 28.2 Å². The summed E-state index contributed by atoms with van der Waals surface area (Å²) in [6.07, 6.45) is 1.87. The fourth-order valence-electron chi connectivity index (χ4n) is 0.483. The van der Waals surface area contributed by atoms with Crippen LogP contribution in [-0.2, 0) is 9.22 Å². The first-order valence-corrected chi connectivity index (χ1v) is 3.80. The van der Waals surface area contributed by atoms with Gasteiger partial charge in [-0.1, -0.05) is 0 Å². The molecule has 0 atom stereocenters. The predicted octanol–water partition coefficient (Wildman–Crippen LogP) is -1.03. The van der Waals surface area contributed by atoms with Crippen molar-refractivity contribution < 1.29 is 14.3 Å². The van der Waals surface area contributed by atoms with Gasteiger partial charge in [0, 0.05) is 13.0 Å². The number of unbranched alkanes of at least 4 members (excludes halogenated alkanes) is 1. The minimum absolute atomic E-state index is 0.143. The van der Waals surface area contributed by atoms with E-state index in [0.29, 0.717) is 23.3 Å². The van der Waals surface area contributed by atoms with E-state index in [-0.39, 0.29) is 12.6 Å². The molecule has 0 radical (unpaired) electrons. The van der Waals surface area contributed by atoms with Gasteiger partial charge in [0.15, 0.2) is 0 Å². The zero-order chi connectivity index (χ0) is 7.11. The lowest BCUT2D eigenvalue weighted by Gasteiger charge is -1.96. The average Bonchev–Trinajstić information content (AvgIpc) is 1.89. The molecule has 0 aliphatic carbocycles. The Hall–Kier alpha value is -0.353. The summed E-state index contributed by atoms with van der Waals surface area (Å²) in [5.41, 5.74) is 0. The van der Waals surface area contributed by atoms with Crippen molar-refractivity contribution in [3.05, 3.63) is 0 Å². The SMILES string of the molecule is O=C(CCCCO)O[SiH3]. The fraction of sp³-hybridized carbons (Fsp3) is 0.800. The predicted molar refractivity (Wildman–Crippen MR) is 37.0 cm³/mol. The van der Waals surface area contributed by atoms with Gasteiger partial charge in [0.1, 0.15) is 0 Å². The zero-order valence-corrected chi connectivity index (χ0v) is 7.59. The van der Waals surface area contributed by atoms with Gasteiger partial charge in [-0.3, -0.25) is 4.79 Å². The molecule has 0 aromatic rings. The maximum absolute atomic E-state index is 10.4. The highest BCUT2D eigenvalue weighted by atomic mass is 28.2. The third-order valence-corrected chi connectivity index (χ3v) is 1.47. The maximum Gasteiger partial charge on any atom is 0.291 e. The molecular formula is C5H12O3Si. The first kappa shape index (κ1) is 8.65. The molecule has 9 heavy (non-hydrogen) atoms. The largest absolute Gasteiger partial charge is 0.529 e. The molecule has 1 N–H and O–H groups in total. The van der Waals surface area contributed by atoms with Crippen LogP contribution in [0.4, 0.5) is 0 Å². The van der Waals surface area contributed by atoms with Gasteiger partial charge in [-0.15, -0.1) is 0 Å². The van der Waals surface area contributed by atoms with Gasteiger partial charge in [0.25, 0.3) is 5.97 Å². The van der Waals surface area contributed by atoms with Crippen LogP contribution in [0.3, 0.4) is 0 Å². The average molecular weight is 148 g/mol. The summed E-state index contributed by atoms with van der Waals surface area (Å²) in [6, 6.07) is 0. The molecule has 54 valence electrons. The molecule has 4 heteroatoms. The number of aliphatic hydroxyl groups is 1. The van der Waals surface area contributed by atoms with Crippen molar-refractivity contribution in [2.45, 2.75) is 19.3 Å². The summed E-state index contributed by atoms with van der Waals surface area (Å²) in [4.78, 5) is 10.4. The Bertz CT molecular complexity index is 84.3. The van der Waals surface area contributed by atoms with E-state index in [2.05, 4.69) is 4.43 Å². The molecule has 0 aliphatic rings. The minimum Gasteiger partial charge on any atom is -0.529 e. The topological polar surface area (TPSA) is 46.5 Å². The van der Waals surface area contributed by atoms with Crippen LogP contribution in [0.2, 0.25) is 0 Å². The van der Waals surface area contributed by atoms with Crippen molar-refractivity contribution in [1.29, 1.82) is 0 Å². The van der Waals surface area contributed by atoms with Crippen LogP contribution in [0.1, 0.15) is 19.3 Å². The van der Waals surface area contributed by atoms with Crippen molar-refractivity contribution in [3.63, 3.8) is 0 Å². The second-order valence-electron chi connectivity index (χ2n) is 1.76.